The Balaban J connectivity index is 3.05. The van der Waals surface area contributed by atoms with E-state index in [2.05, 4.69) is 11.2 Å². The second kappa shape index (κ2) is 4.99. The van der Waals surface area contributed by atoms with Crippen molar-refractivity contribution in [1.82, 2.24) is 5.32 Å². The minimum absolute atomic E-state index is 0.0943. The molecule has 0 spiro atoms. The van der Waals surface area contributed by atoms with Gasteiger partial charge in [0, 0.05) is 12.5 Å². The first-order chi connectivity index (χ1) is 6.70. The zero-order chi connectivity index (χ0) is 10.6. The van der Waals surface area contributed by atoms with Gasteiger partial charge < -0.3 is 5.32 Å². The van der Waals surface area contributed by atoms with Crippen molar-refractivity contribution in [3.05, 3.63) is 34.6 Å². The van der Waals surface area contributed by atoms with Gasteiger partial charge in [0.05, 0.1) is 5.02 Å². The van der Waals surface area contributed by atoms with Crippen LogP contribution in [0.15, 0.2) is 18.2 Å². The summed E-state index contributed by atoms with van der Waals surface area (Å²) < 4.78 is 13.1. The van der Waals surface area contributed by atoms with Crippen LogP contribution in [0, 0.1) is 18.2 Å². The van der Waals surface area contributed by atoms with Crippen LogP contribution in [0.4, 0.5) is 4.39 Å². The van der Waals surface area contributed by atoms with Crippen molar-refractivity contribution < 1.29 is 4.39 Å². The number of hydrogen-bond donors (Lipinski definition) is 1. The van der Waals surface area contributed by atoms with Gasteiger partial charge in [-0.3, -0.25) is 0 Å². The molecule has 1 aromatic carbocycles. The van der Waals surface area contributed by atoms with E-state index in [0.29, 0.717) is 12.0 Å². The molecule has 1 nitrogen and oxygen atoms in total. The van der Waals surface area contributed by atoms with Gasteiger partial charge >= 0.3 is 0 Å². The molecule has 0 aromatic heterocycles. The Morgan fingerprint density at radius 1 is 1.64 bits per heavy atom. The monoisotopic (exact) mass is 211 g/mol. The molecule has 1 rings (SSSR count). The van der Waals surface area contributed by atoms with E-state index in [-0.39, 0.29) is 11.1 Å². The Hall–Kier alpha value is -1.04. The fourth-order valence-electron chi connectivity index (χ4n) is 1.27. The van der Waals surface area contributed by atoms with Gasteiger partial charge in [0.1, 0.15) is 5.82 Å². The highest BCUT2D eigenvalue weighted by Gasteiger charge is 2.13. The number of benzene rings is 1. The zero-order valence-corrected chi connectivity index (χ0v) is 8.61. The Kier molecular flexibility index (Phi) is 3.94. The van der Waals surface area contributed by atoms with E-state index in [0.717, 1.165) is 0 Å². The topological polar surface area (TPSA) is 12.0 Å². The Morgan fingerprint density at radius 3 is 2.93 bits per heavy atom. The van der Waals surface area contributed by atoms with Gasteiger partial charge in [-0.05, 0) is 18.7 Å². The molecule has 0 saturated carbocycles. The van der Waals surface area contributed by atoms with Gasteiger partial charge in [-0.25, -0.2) is 4.39 Å². The fraction of sp³-hybridized carbons (Fsp3) is 0.273. The van der Waals surface area contributed by atoms with Crippen LogP contribution < -0.4 is 5.32 Å². The van der Waals surface area contributed by atoms with Crippen LogP contribution in [0.3, 0.4) is 0 Å². The van der Waals surface area contributed by atoms with Crippen molar-refractivity contribution in [2.75, 3.05) is 7.05 Å². The van der Waals surface area contributed by atoms with Crippen LogP contribution >= 0.6 is 11.6 Å². The lowest BCUT2D eigenvalue weighted by Gasteiger charge is -2.15. The minimum atomic E-state index is -0.415. The molecule has 0 radical (unpaired) electrons. The average Bonchev–Trinajstić information content (AvgIpc) is 2.19. The number of rotatable bonds is 3. The molecule has 0 bridgehead atoms. The first kappa shape index (κ1) is 11.0. The molecular weight excluding hydrogens is 201 g/mol. The first-order valence-electron chi connectivity index (χ1n) is 4.25. The lowest BCUT2D eigenvalue weighted by Crippen LogP contribution is -2.16. The van der Waals surface area contributed by atoms with Crippen LogP contribution in [0.25, 0.3) is 0 Å². The predicted octanol–water partition coefficient (Wildman–Crippen LogP) is 2.76. The van der Waals surface area contributed by atoms with E-state index >= 15 is 0 Å². The Bertz CT molecular complexity index is 357. The second-order valence-corrected chi connectivity index (χ2v) is 3.27. The number of hydrogen-bond acceptors (Lipinski definition) is 1. The predicted molar refractivity (Wildman–Crippen MR) is 56.7 cm³/mol. The first-order valence-corrected chi connectivity index (χ1v) is 4.63. The Labute approximate surface area is 88.3 Å². The smallest absolute Gasteiger partial charge is 0.142 e. The summed E-state index contributed by atoms with van der Waals surface area (Å²) in [5, 5.41) is 3.13. The minimum Gasteiger partial charge on any atom is -0.312 e. The number of terminal acetylenes is 1. The summed E-state index contributed by atoms with van der Waals surface area (Å²) in [5.74, 6) is 2.10. The molecule has 0 aliphatic carbocycles. The highest BCUT2D eigenvalue weighted by molar-refractivity contribution is 6.31. The fourth-order valence-corrected chi connectivity index (χ4v) is 1.53. The molecule has 0 aliphatic heterocycles. The quantitative estimate of drug-likeness (QED) is 0.759. The number of nitrogens with one attached hydrogen (secondary N) is 1. The van der Waals surface area contributed by atoms with E-state index in [1.807, 2.05) is 0 Å². The van der Waals surface area contributed by atoms with Gasteiger partial charge in [0.25, 0.3) is 0 Å². The highest BCUT2D eigenvalue weighted by atomic mass is 35.5. The summed E-state index contributed by atoms with van der Waals surface area (Å²) in [6.45, 7) is 0. The summed E-state index contributed by atoms with van der Waals surface area (Å²) in [6.07, 6.45) is 5.69. The van der Waals surface area contributed by atoms with Crippen molar-refractivity contribution >= 4 is 11.6 Å². The van der Waals surface area contributed by atoms with Gasteiger partial charge in [-0.1, -0.05) is 23.7 Å². The molecule has 1 unspecified atom stereocenters. The maximum absolute atomic E-state index is 13.1. The summed E-state index contributed by atoms with van der Waals surface area (Å²) in [5.41, 5.74) is 0.701. The molecule has 0 fully saturated rings. The molecule has 74 valence electrons. The normalized spacial score (nSPS) is 12.1. The summed E-state index contributed by atoms with van der Waals surface area (Å²) >= 11 is 5.82. The van der Waals surface area contributed by atoms with Crippen molar-refractivity contribution in [1.29, 1.82) is 0 Å². The van der Waals surface area contributed by atoms with E-state index in [1.165, 1.54) is 6.07 Å². The third kappa shape index (κ3) is 2.25. The standard InChI is InChI=1S/C11H11ClFN/c1-3-5-10(14-2)8-6-4-7-9(13)11(8)12/h1,4,6-7,10,14H,5H2,2H3. The van der Waals surface area contributed by atoms with Crippen molar-refractivity contribution in [3.8, 4) is 12.3 Å². The molecule has 1 N–H and O–H groups in total. The van der Waals surface area contributed by atoms with Crippen LogP contribution in [-0.4, -0.2) is 7.05 Å². The van der Waals surface area contributed by atoms with Gasteiger partial charge in [-0.2, -0.15) is 0 Å². The SMILES string of the molecule is C#CCC(NC)c1cccc(F)c1Cl. The highest BCUT2D eigenvalue weighted by Crippen LogP contribution is 2.26. The van der Waals surface area contributed by atoms with Crippen LogP contribution in [-0.2, 0) is 0 Å². The van der Waals surface area contributed by atoms with Crippen molar-refractivity contribution in [2.24, 2.45) is 0 Å². The van der Waals surface area contributed by atoms with Gasteiger partial charge in [0.15, 0.2) is 0 Å². The summed E-state index contributed by atoms with van der Waals surface area (Å²) in [4.78, 5) is 0. The van der Waals surface area contributed by atoms with Crippen LogP contribution in [0.2, 0.25) is 5.02 Å². The van der Waals surface area contributed by atoms with E-state index in [1.54, 1.807) is 19.2 Å². The maximum atomic E-state index is 13.1. The van der Waals surface area contributed by atoms with E-state index < -0.39 is 5.82 Å². The lowest BCUT2D eigenvalue weighted by atomic mass is 10.0. The van der Waals surface area contributed by atoms with Gasteiger partial charge in [0.2, 0.25) is 0 Å². The van der Waals surface area contributed by atoms with Crippen LogP contribution in [0.5, 0.6) is 0 Å². The van der Waals surface area contributed by atoms with E-state index in [9.17, 15) is 4.39 Å². The third-order valence-electron chi connectivity index (χ3n) is 2.03. The molecule has 1 aromatic rings. The van der Waals surface area contributed by atoms with Gasteiger partial charge in [-0.15, -0.1) is 12.3 Å². The largest absolute Gasteiger partial charge is 0.312 e. The summed E-state index contributed by atoms with van der Waals surface area (Å²) in [6, 6.07) is 4.62. The molecule has 3 heteroatoms. The van der Waals surface area contributed by atoms with Crippen molar-refractivity contribution in [3.63, 3.8) is 0 Å². The van der Waals surface area contributed by atoms with Crippen molar-refractivity contribution in [2.45, 2.75) is 12.5 Å². The van der Waals surface area contributed by atoms with E-state index in [4.69, 9.17) is 18.0 Å². The molecule has 14 heavy (non-hydrogen) atoms. The number of halogens is 2. The average molecular weight is 212 g/mol. The molecule has 1 atom stereocenters. The zero-order valence-electron chi connectivity index (χ0n) is 7.85. The molecular formula is C11H11ClFN. The maximum Gasteiger partial charge on any atom is 0.142 e. The molecule has 0 heterocycles. The summed E-state index contributed by atoms with van der Waals surface area (Å²) in [7, 11) is 1.77. The molecule has 0 saturated heterocycles. The lowest BCUT2D eigenvalue weighted by molar-refractivity contribution is 0.591. The molecule has 0 amide bonds. The Morgan fingerprint density at radius 2 is 2.36 bits per heavy atom. The second-order valence-electron chi connectivity index (χ2n) is 2.89. The molecule has 0 aliphatic rings. The van der Waals surface area contributed by atoms with Crippen LogP contribution in [0.1, 0.15) is 18.0 Å². The third-order valence-corrected chi connectivity index (χ3v) is 2.43.